The SMILES string of the molecule is CCC(C)C(Br)c1ccc(Cc2ccccc2)cc1. The predicted molar refractivity (Wildman–Crippen MR) is 86.8 cm³/mol. The van der Waals surface area contributed by atoms with E-state index in [-0.39, 0.29) is 0 Å². The molecule has 2 aromatic carbocycles. The maximum atomic E-state index is 3.80. The summed E-state index contributed by atoms with van der Waals surface area (Å²) >= 11 is 3.80. The Labute approximate surface area is 125 Å². The summed E-state index contributed by atoms with van der Waals surface area (Å²) in [4.78, 5) is 0.461. The van der Waals surface area contributed by atoms with Crippen LogP contribution in [-0.2, 0) is 6.42 Å². The maximum Gasteiger partial charge on any atom is 0.0420 e. The van der Waals surface area contributed by atoms with Gasteiger partial charge in [-0.2, -0.15) is 0 Å². The molecule has 2 atom stereocenters. The van der Waals surface area contributed by atoms with Crippen molar-refractivity contribution in [2.75, 3.05) is 0 Å². The molecule has 2 unspecified atom stereocenters. The summed E-state index contributed by atoms with van der Waals surface area (Å²) in [6.45, 7) is 4.53. The molecule has 2 aromatic rings. The monoisotopic (exact) mass is 316 g/mol. The van der Waals surface area contributed by atoms with Crippen LogP contribution in [0, 0.1) is 5.92 Å². The molecule has 100 valence electrons. The van der Waals surface area contributed by atoms with Crippen LogP contribution in [0.5, 0.6) is 0 Å². The first-order valence-electron chi connectivity index (χ1n) is 6.97. The normalized spacial score (nSPS) is 14.1. The molecule has 0 saturated carbocycles. The van der Waals surface area contributed by atoms with E-state index in [1.807, 2.05) is 0 Å². The number of alkyl halides is 1. The van der Waals surface area contributed by atoms with Gasteiger partial charge < -0.3 is 0 Å². The molecular formula is C18H21Br. The zero-order valence-corrected chi connectivity index (χ0v) is 13.2. The molecule has 0 N–H and O–H groups in total. The summed E-state index contributed by atoms with van der Waals surface area (Å²) in [7, 11) is 0. The van der Waals surface area contributed by atoms with Crippen molar-refractivity contribution in [2.24, 2.45) is 5.92 Å². The van der Waals surface area contributed by atoms with Crippen molar-refractivity contribution in [1.29, 1.82) is 0 Å². The van der Waals surface area contributed by atoms with Gasteiger partial charge in [-0.1, -0.05) is 90.8 Å². The van der Waals surface area contributed by atoms with Gasteiger partial charge in [-0.15, -0.1) is 0 Å². The van der Waals surface area contributed by atoms with Crippen LogP contribution in [0.15, 0.2) is 54.6 Å². The van der Waals surface area contributed by atoms with Crippen molar-refractivity contribution < 1.29 is 0 Å². The van der Waals surface area contributed by atoms with Crippen molar-refractivity contribution >= 4 is 15.9 Å². The first-order valence-corrected chi connectivity index (χ1v) is 7.89. The Bertz CT molecular complexity index is 487. The zero-order chi connectivity index (χ0) is 13.7. The standard InChI is InChI=1S/C18H21Br/c1-3-14(2)18(19)17-11-9-16(10-12-17)13-15-7-5-4-6-8-15/h4-12,14,18H,3,13H2,1-2H3. The van der Waals surface area contributed by atoms with Gasteiger partial charge in [-0.05, 0) is 29.0 Å². The fourth-order valence-corrected chi connectivity index (χ4v) is 2.87. The van der Waals surface area contributed by atoms with Gasteiger partial charge in [0.2, 0.25) is 0 Å². The molecule has 0 nitrogen and oxygen atoms in total. The van der Waals surface area contributed by atoms with Crippen LogP contribution < -0.4 is 0 Å². The second kappa shape index (κ2) is 6.91. The van der Waals surface area contributed by atoms with Crippen LogP contribution in [0.3, 0.4) is 0 Å². The first-order chi connectivity index (χ1) is 9.20. The van der Waals surface area contributed by atoms with E-state index in [0.29, 0.717) is 10.7 Å². The summed E-state index contributed by atoms with van der Waals surface area (Å²) in [5, 5.41) is 0. The molecule has 1 heteroatoms. The lowest BCUT2D eigenvalue weighted by Gasteiger charge is -2.17. The molecular weight excluding hydrogens is 296 g/mol. The van der Waals surface area contributed by atoms with Crippen molar-refractivity contribution in [3.63, 3.8) is 0 Å². The van der Waals surface area contributed by atoms with Gasteiger partial charge in [0.15, 0.2) is 0 Å². The molecule has 0 spiro atoms. The van der Waals surface area contributed by atoms with Crippen LogP contribution in [0.25, 0.3) is 0 Å². The van der Waals surface area contributed by atoms with Gasteiger partial charge in [-0.25, -0.2) is 0 Å². The molecule has 0 saturated heterocycles. The van der Waals surface area contributed by atoms with Crippen LogP contribution in [0.1, 0.15) is 41.8 Å². The quantitative estimate of drug-likeness (QED) is 0.615. The average molecular weight is 317 g/mol. The maximum absolute atomic E-state index is 3.80. The lowest BCUT2D eigenvalue weighted by molar-refractivity contribution is 0.555. The molecule has 0 radical (unpaired) electrons. The molecule has 0 amide bonds. The van der Waals surface area contributed by atoms with Gasteiger partial charge >= 0.3 is 0 Å². The molecule has 0 heterocycles. The average Bonchev–Trinajstić information content (AvgIpc) is 2.47. The number of halogens is 1. The van der Waals surface area contributed by atoms with Gasteiger partial charge in [0.25, 0.3) is 0 Å². The number of benzene rings is 2. The summed E-state index contributed by atoms with van der Waals surface area (Å²) < 4.78 is 0. The minimum Gasteiger partial charge on any atom is -0.0836 e. The molecule has 0 aliphatic rings. The van der Waals surface area contributed by atoms with E-state index in [1.165, 1.54) is 23.1 Å². The van der Waals surface area contributed by atoms with E-state index >= 15 is 0 Å². The van der Waals surface area contributed by atoms with Gasteiger partial charge in [0.05, 0.1) is 0 Å². The van der Waals surface area contributed by atoms with Crippen molar-refractivity contribution in [3.8, 4) is 0 Å². The molecule has 0 aromatic heterocycles. The summed E-state index contributed by atoms with van der Waals surface area (Å²) in [6.07, 6.45) is 2.21. The van der Waals surface area contributed by atoms with Gasteiger partial charge in [0.1, 0.15) is 0 Å². The predicted octanol–water partition coefficient (Wildman–Crippen LogP) is 5.76. The van der Waals surface area contributed by atoms with E-state index in [0.717, 1.165) is 6.42 Å². The third-order valence-electron chi connectivity index (χ3n) is 3.69. The molecule has 0 bridgehead atoms. The minimum atomic E-state index is 0.461. The minimum absolute atomic E-state index is 0.461. The van der Waals surface area contributed by atoms with Crippen molar-refractivity contribution in [3.05, 3.63) is 71.3 Å². The fourth-order valence-electron chi connectivity index (χ4n) is 2.19. The topological polar surface area (TPSA) is 0 Å². The Morgan fingerprint density at radius 1 is 0.895 bits per heavy atom. The first kappa shape index (κ1) is 14.3. The summed E-state index contributed by atoms with van der Waals surface area (Å²) in [5.74, 6) is 0.667. The van der Waals surface area contributed by atoms with Crippen LogP contribution >= 0.6 is 15.9 Å². The Morgan fingerprint density at radius 2 is 1.47 bits per heavy atom. The lowest BCUT2D eigenvalue weighted by Crippen LogP contribution is -2.02. The highest BCUT2D eigenvalue weighted by Crippen LogP contribution is 2.32. The molecule has 2 rings (SSSR count). The lowest BCUT2D eigenvalue weighted by atomic mass is 9.96. The molecule has 19 heavy (non-hydrogen) atoms. The summed E-state index contributed by atoms with van der Waals surface area (Å²) in [6, 6.07) is 19.6. The highest BCUT2D eigenvalue weighted by atomic mass is 79.9. The molecule has 0 aliphatic carbocycles. The Hall–Kier alpha value is -1.08. The molecule has 0 fully saturated rings. The largest absolute Gasteiger partial charge is 0.0836 e. The van der Waals surface area contributed by atoms with E-state index < -0.39 is 0 Å². The number of hydrogen-bond donors (Lipinski definition) is 0. The highest BCUT2D eigenvalue weighted by Gasteiger charge is 2.13. The van der Waals surface area contributed by atoms with E-state index in [2.05, 4.69) is 84.4 Å². The van der Waals surface area contributed by atoms with Gasteiger partial charge in [0, 0.05) is 4.83 Å². The second-order valence-corrected chi connectivity index (χ2v) is 6.18. The second-order valence-electron chi connectivity index (χ2n) is 5.19. The third-order valence-corrected chi connectivity index (χ3v) is 5.12. The van der Waals surface area contributed by atoms with E-state index in [4.69, 9.17) is 0 Å². The number of hydrogen-bond acceptors (Lipinski definition) is 0. The Kier molecular flexibility index (Phi) is 5.21. The van der Waals surface area contributed by atoms with Crippen molar-refractivity contribution in [2.45, 2.75) is 31.5 Å². The van der Waals surface area contributed by atoms with Crippen LogP contribution in [0.4, 0.5) is 0 Å². The summed E-state index contributed by atoms with van der Waals surface area (Å²) in [5.41, 5.74) is 4.12. The van der Waals surface area contributed by atoms with E-state index in [9.17, 15) is 0 Å². The Morgan fingerprint density at radius 3 is 2.05 bits per heavy atom. The Balaban J connectivity index is 2.06. The highest BCUT2D eigenvalue weighted by molar-refractivity contribution is 9.09. The zero-order valence-electron chi connectivity index (χ0n) is 11.6. The van der Waals surface area contributed by atoms with E-state index in [1.54, 1.807) is 0 Å². The van der Waals surface area contributed by atoms with Crippen molar-refractivity contribution in [1.82, 2.24) is 0 Å². The van der Waals surface area contributed by atoms with Gasteiger partial charge in [-0.3, -0.25) is 0 Å². The number of rotatable bonds is 5. The van der Waals surface area contributed by atoms with Crippen LogP contribution in [0.2, 0.25) is 0 Å². The van der Waals surface area contributed by atoms with Crippen LogP contribution in [-0.4, -0.2) is 0 Å². The molecule has 0 aliphatic heterocycles. The fraction of sp³-hybridized carbons (Fsp3) is 0.333. The third kappa shape index (κ3) is 3.94. The smallest absolute Gasteiger partial charge is 0.0420 e.